The van der Waals surface area contributed by atoms with Crippen molar-refractivity contribution in [3.63, 3.8) is 0 Å². The third kappa shape index (κ3) is 3.78. The van der Waals surface area contributed by atoms with Gasteiger partial charge in [-0.05, 0) is 42.3 Å². The summed E-state index contributed by atoms with van der Waals surface area (Å²) in [5.41, 5.74) is 0.540. The van der Waals surface area contributed by atoms with E-state index in [-0.39, 0.29) is 11.6 Å². The van der Waals surface area contributed by atoms with E-state index in [1.165, 1.54) is 0 Å². The molecule has 0 radical (unpaired) electrons. The van der Waals surface area contributed by atoms with Crippen LogP contribution in [0.25, 0.3) is 11.0 Å². The first-order chi connectivity index (χ1) is 12.0. The Kier molecular flexibility index (Phi) is 5.86. The number of nitrogens with zero attached hydrogens (tertiary/aromatic N) is 4. The number of fused-ring (bicyclic) bond motifs is 1. The maximum absolute atomic E-state index is 13.0. The Balaban J connectivity index is 2.13. The maximum atomic E-state index is 13.0. The van der Waals surface area contributed by atoms with Crippen LogP contribution in [0.3, 0.4) is 0 Å². The van der Waals surface area contributed by atoms with E-state index in [9.17, 15) is 4.79 Å². The molecule has 0 aromatic carbocycles. The van der Waals surface area contributed by atoms with Crippen LogP contribution in [0, 0.1) is 0 Å². The summed E-state index contributed by atoms with van der Waals surface area (Å²) < 4.78 is 2.62. The van der Waals surface area contributed by atoms with Gasteiger partial charge in [0.2, 0.25) is 0 Å². The Labute approximate surface area is 156 Å². The minimum absolute atomic E-state index is 0.000543. The van der Waals surface area contributed by atoms with Crippen LogP contribution in [-0.2, 0) is 6.54 Å². The molecule has 1 fully saturated rings. The van der Waals surface area contributed by atoms with Gasteiger partial charge in [-0.15, -0.1) is 0 Å². The van der Waals surface area contributed by atoms with Crippen LogP contribution in [0.2, 0.25) is 0 Å². The normalized spacial score (nSPS) is 20.1. The summed E-state index contributed by atoms with van der Waals surface area (Å²) >= 11 is 3.40. The predicted molar refractivity (Wildman–Crippen MR) is 104 cm³/mol. The van der Waals surface area contributed by atoms with E-state index in [1.54, 1.807) is 6.20 Å². The highest BCUT2D eigenvalue weighted by Gasteiger charge is 2.28. The van der Waals surface area contributed by atoms with Crippen molar-refractivity contribution in [2.45, 2.75) is 52.2 Å². The molecular formula is C18H26BrN5O. The zero-order valence-electron chi connectivity index (χ0n) is 15.1. The number of aromatic nitrogens is 3. The molecule has 6 nitrogen and oxygen atoms in total. The van der Waals surface area contributed by atoms with Gasteiger partial charge in [0, 0.05) is 42.9 Å². The molecule has 2 aromatic rings. The van der Waals surface area contributed by atoms with Crippen LogP contribution >= 0.6 is 15.9 Å². The van der Waals surface area contributed by atoms with E-state index in [0.717, 1.165) is 42.8 Å². The highest BCUT2D eigenvalue weighted by Crippen LogP contribution is 2.26. The van der Waals surface area contributed by atoms with Gasteiger partial charge < -0.3 is 5.32 Å². The summed E-state index contributed by atoms with van der Waals surface area (Å²) in [4.78, 5) is 24.7. The first-order valence-electron chi connectivity index (χ1n) is 9.08. The molecule has 1 aliphatic heterocycles. The first-order valence-corrected chi connectivity index (χ1v) is 9.87. The van der Waals surface area contributed by atoms with Gasteiger partial charge in [0.15, 0.2) is 5.65 Å². The van der Waals surface area contributed by atoms with E-state index >= 15 is 0 Å². The molecule has 25 heavy (non-hydrogen) atoms. The Hall–Kier alpha value is -1.31. The minimum atomic E-state index is 0.000543. The number of piperazine rings is 1. The number of halogens is 1. The topological polar surface area (TPSA) is 63.1 Å². The third-order valence-electron chi connectivity index (χ3n) is 4.82. The van der Waals surface area contributed by atoms with Gasteiger partial charge in [0.1, 0.15) is 5.82 Å². The Morgan fingerprint density at radius 2 is 2.24 bits per heavy atom. The van der Waals surface area contributed by atoms with Gasteiger partial charge in [0.25, 0.3) is 5.56 Å². The zero-order chi connectivity index (χ0) is 18.0. The van der Waals surface area contributed by atoms with Crippen molar-refractivity contribution in [3.05, 3.63) is 32.9 Å². The molecule has 0 bridgehead atoms. The summed E-state index contributed by atoms with van der Waals surface area (Å²) in [5, 5.41) is 4.06. The Morgan fingerprint density at radius 3 is 2.92 bits per heavy atom. The van der Waals surface area contributed by atoms with Crippen LogP contribution in [0.1, 0.15) is 45.5 Å². The molecule has 0 spiro atoms. The lowest BCUT2D eigenvalue weighted by Gasteiger charge is -2.38. The van der Waals surface area contributed by atoms with Crippen LogP contribution in [0.15, 0.2) is 21.5 Å². The quantitative estimate of drug-likeness (QED) is 0.825. The first kappa shape index (κ1) is 18.5. The fourth-order valence-electron chi connectivity index (χ4n) is 3.65. The second kappa shape index (κ2) is 7.93. The van der Waals surface area contributed by atoms with Gasteiger partial charge in [0.05, 0.1) is 11.4 Å². The fraction of sp³-hybridized carbons (Fsp3) is 0.611. The molecule has 0 aliphatic carbocycles. The second-order valence-electron chi connectivity index (χ2n) is 6.70. The molecule has 3 rings (SSSR count). The molecule has 0 saturated carbocycles. The van der Waals surface area contributed by atoms with Gasteiger partial charge in [-0.1, -0.05) is 13.3 Å². The summed E-state index contributed by atoms with van der Waals surface area (Å²) in [6.45, 7) is 9.92. The van der Waals surface area contributed by atoms with E-state index in [0.29, 0.717) is 23.6 Å². The van der Waals surface area contributed by atoms with Crippen molar-refractivity contribution in [3.8, 4) is 0 Å². The van der Waals surface area contributed by atoms with E-state index in [4.69, 9.17) is 4.98 Å². The standard InChI is InChI=1S/C18H26BrN5O/c1-4-6-15(23-8-7-20-12(3)11-23)17-22-16-14(9-13(19)10-21-16)18(25)24(17)5-2/h9-10,12,15,20H,4-8,11H2,1-3H3/t12-,15?/m0/s1. The number of rotatable bonds is 5. The molecule has 7 heteroatoms. The highest BCUT2D eigenvalue weighted by molar-refractivity contribution is 9.10. The molecule has 1 unspecified atom stereocenters. The number of nitrogens with one attached hydrogen (secondary N) is 1. The SMILES string of the molecule is CCCC(c1nc2ncc(Br)cc2c(=O)n1CC)N1CCN[C@@H](C)C1. The smallest absolute Gasteiger partial charge is 0.263 e. The molecule has 0 amide bonds. The fourth-order valence-corrected chi connectivity index (χ4v) is 3.98. The van der Waals surface area contributed by atoms with Crippen molar-refractivity contribution in [2.24, 2.45) is 0 Å². The lowest BCUT2D eigenvalue weighted by atomic mass is 10.1. The predicted octanol–water partition coefficient (Wildman–Crippen LogP) is 2.71. The molecule has 3 heterocycles. The zero-order valence-corrected chi connectivity index (χ0v) is 16.7. The van der Waals surface area contributed by atoms with E-state index < -0.39 is 0 Å². The molecule has 1 N–H and O–H groups in total. The van der Waals surface area contributed by atoms with Crippen molar-refractivity contribution in [1.29, 1.82) is 0 Å². The minimum Gasteiger partial charge on any atom is -0.312 e. The van der Waals surface area contributed by atoms with Gasteiger partial charge in [-0.3, -0.25) is 14.3 Å². The van der Waals surface area contributed by atoms with Gasteiger partial charge in [-0.25, -0.2) is 9.97 Å². The number of hydrogen-bond acceptors (Lipinski definition) is 5. The van der Waals surface area contributed by atoms with Crippen LogP contribution in [0.5, 0.6) is 0 Å². The maximum Gasteiger partial charge on any atom is 0.263 e. The van der Waals surface area contributed by atoms with E-state index in [1.807, 2.05) is 17.6 Å². The summed E-state index contributed by atoms with van der Waals surface area (Å²) in [6, 6.07) is 2.41. The average molecular weight is 408 g/mol. The molecule has 2 atom stereocenters. The van der Waals surface area contributed by atoms with Crippen LogP contribution < -0.4 is 10.9 Å². The molecule has 136 valence electrons. The van der Waals surface area contributed by atoms with Crippen LogP contribution in [-0.4, -0.2) is 45.1 Å². The van der Waals surface area contributed by atoms with E-state index in [2.05, 4.69) is 45.0 Å². The summed E-state index contributed by atoms with van der Waals surface area (Å²) in [7, 11) is 0. The van der Waals surface area contributed by atoms with Crippen molar-refractivity contribution >= 4 is 27.0 Å². The monoisotopic (exact) mass is 407 g/mol. The largest absolute Gasteiger partial charge is 0.312 e. The summed E-state index contributed by atoms with van der Waals surface area (Å²) in [6.07, 6.45) is 3.74. The lowest BCUT2D eigenvalue weighted by Crippen LogP contribution is -2.51. The molecule has 1 aliphatic rings. The molecule has 1 saturated heterocycles. The van der Waals surface area contributed by atoms with Crippen LogP contribution in [0.4, 0.5) is 0 Å². The number of hydrogen-bond donors (Lipinski definition) is 1. The second-order valence-corrected chi connectivity index (χ2v) is 7.61. The average Bonchev–Trinajstić information content (AvgIpc) is 2.60. The highest BCUT2D eigenvalue weighted by atomic mass is 79.9. The third-order valence-corrected chi connectivity index (χ3v) is 5.26. The van der Waals surface area contributed by atoms with Crippen molar-refractivity contribution < 1.29 is 0 Å². The molecule has 2 aromatic heterocycles. The Bertz CT molecular complexity index is 806. The van der Waals surface area contributed by atoms with Gasteiger partial charge >= 0.3 is 0 Å². The Morgan fingerprint density at radius 1 is 1.44 bits per heavy atom. The number of pyridine rings is 1. The molecular weight excluding hydrogens is 382 g/mol. The van der Waals surface area contributed by atoms with Gasteiger partial charge in [-0.2, -0.15) is 0 Å². The lowest BCUT2D eigenvalue weighted by molar-refractivity contribution is 0.132. The summed E-state index contributed by atoms with van der Waals surface area (Å²) in [5.74, 6) is 0.853. The van der Waals surface area contributed by atoms with Crippen molar-refractivity contribution in [1.82, 2.24) is 24.8 Å². The van der Waals surface area contributed by atoms with Crippen molar-refractivity contribution in [2.75, 3.05) is 19.6 Å².